The molecule has 6 heterocycles. The Morgan fingerprint density at radius 2 is 1.56 bits per heavy atom. The van der Waals surface area contributed by atoms with Crippen LogP contribution in [0.2, 0.25) is 0 Å². The molecule has 5 aromatic rings. The van der Waals surface area contributed by atoms with Crippen LogP contribution in [0.25, 0.3) is 32.9 Å². The minimum atomic E-state index is -1.01. The van der Waals surface area contributed by atoms with Crippen LogP contribution >= 0.6 is 0 Å². The quantitative estimate of drug-likeness (QED) is 0.0798. The van der Waals surface area contributed by atoms with Gasteiger partial charge < -0.3 is 28.9 Å². The number of aryl methyl sites for hydroxylation is 1. The number of pyridine rings is 1. The number of rotatable bonds is 15. The van der Waals surface area contributed by atoms with Gasteiger partial charge in [-0.1, -0.05) is 32.0 Å². The van der Waals surface area contributed by atoms with E-state index in [9.17, 15) is 9.59 Å². The zero-order valence-electron chi connectivity index (χ0n) is 41.2. The van der Waals surface area contributed by atoms with Crippen molar-refractivity contribution in [2.24, 2.45) is 22.7 Å². The summed E-state index contributed by atoms with van der Waals surface area (Å²) in [6.45, 7) is 13.4. The molecule has 2 aromatic heterocycles. The van der Waals surface area contributed by atoms with Gasteiger partial charge in [-0.25, -0.2) is 13.2 Å². The fraction of sp³-hybridized carbons (Fsp3) is 0.545. The van der Waals surface area contributed by atoms with Crippen molar-refractivity contribution >= 4 is 45.0 Å². The highest BCUT2D eigenvalue weighted by Crippen LogP contribution is 2.48. The van der Waals surface area contributed by atoms with Gasteiger partial charge in [-0.15, -0.1) is 0 Å². The summed E-state index contributed by atoms with van der Waals surface area (Å²) < 4.78 is 65.9. The monoisotopic (exact) mass is 975 g/mol. The second-order valence-electron chi connectivity index (χ2n) is 21.8. The van der Waals surface area contributed by atoms with E-state index in [-0.39, 0.29) is 53.2 Å². The molecule has 6 fully saturated rings. The average molecular weight is 975 g/mol. The molecule has 2 amide bonds. The number of imide groups is 1. The number of aromatic nitrogens is 3. The normalized spacial score (nSPS) is 23.4. The number of carbonyl (C=O) groups excluding carboxylic acids is 2. The Morgan fingerprint density at radius 3 is 2.25 bits per heavy atom. The number of likely N-dealkylation sites (tertiary alicyclic amines) is 1. The second-order valence-corrected chi connectivity index (χ2v) is 21.8. The van der Waals surface area contributed by atoms with E-state index in [0.29, 0.717) is 59.7 Å². The highest BCUT2D eigenvalue weighted by atomic mass is 19.1. The Bertz CT molecular complexity index is 2810. The van der Waals surface area contributed by atoms with Crippen LogP contribution in [0.4, 0.5) is 24.7 Å². The van der Waals surface area contributed by atoms with Gasteiger partial charge in [-0.05, 0) is 129 Å². The summed E-state index contributed by atoms with van der Waals surface area (Å²) in [6.07, 6.45) is 10.5. The van der Waals surface area contributed by atoms with Crippen molar-refractivity contribution in [3.05, 3.63) is 77.2 Å². The second kappa shape index (κ2) is 19.4. The van der Waals surface area contributed by atoms with E-state index in [1.807, 2.05) is 29.2 Å². The van der Waals surface area contributed by atoms with E-state index in [2.05, 4.69) is 39.9 Å². The minimum absolute atomic E-state index is 0.0220. The van der Waals surface area contributed by atoms with Crippen LogP contribution in [0.5, 0.6) is 11.8 Å². The van der Waals surface area contributed by atoms with Crippen LogP contribution in [0.3, 0.4) is 0 Å². The van der Waals surface area contributed by atoms with Gasteiger partial charge in [-0.2, -0.15) is 9.97 Å². The maximum atomic E-state index is 17.5. The highest BCUT2D eigenvalue weighted by Gasteiger charge is 2.46. The maximum absolute atomic E-state index is 17.5. The summed E-state index contributed by atoms with van der Waals surface area (Å²) in [5.41, 5.74) is 2.48. The predicted molar refractivity (Wildman–Crippen MR) is 266 cm³/mol. The minimum Gasteiger partial charge on any atom is -0.468 e. The molecular formula is C55H65F3N8O5. The molecule has 13 nitrogen and oxygen atoms in total. The largest absolute Gasteiger partial charge is 0.468 e. The number of piperazine rings is 1. The Balaban J connectivity index is 0.753. The first-order valence-corrected chi connectivity index (χ1v) is 25.8. The van der Waals surface area contributed by atoms with E-state index < -0.39 is 35.2 Å². The Kier molecular flexibility index (Phi) is 13.1. The number of benzene rings is 3. The molecule has 0 spiro atoms. The lowest BCUT2D eigenvalue weighted by Crippen LogP contribution is -2.52. The molecule has 0 radical (unpaired) electrons. The molecule has 3 unspecified atom stereocenters. The van der Waals surface area contributed by atoms with Gasteiger partial charge in [0.1, 0.15) is 34.4 Å². The molecule has 3 atom stereocenters. The number of ether oxygens (including phenoxy) is 3. The molecule has 2 aliphatic carbocycles. The van der Waals surface area contributed by atoms with Gasteiger partial charge in [0.2, 0.25) is 11.8 Å². The van der Waals surface area contributed by atoms with E-state index >= 15 is 13.2 Å². The van der Waals surface area contributed by atoms with E-state index in [1.165, 1.54) is 31.4 Å². The van der Waals surface area contributed by atoms with Gasteiger partial charge in [-0.3, -0.25) is 24.8 Å². The van der Waals surface area contributed by atoms with Crippen LogP contribution in [0.1, 0.15) is 88.7 Å². The van der Waals surface area contributed by atoms with Crippen molar-refractivity contribution in [1.29, 1.82) is 0 Å². The van der Waals surface area contributed by atoms with Crippen molar-refractivity contribution in [2.75, 3.05) is 95.8 Å². The number of hydrogen-bond acceptors (Lipinski definition) is 12. The number of nitrogens with one attached hydrogen (secondary N) is 1. The number of fused-ring (bicyclic) bond motifs is 4. The first-order chi connectivity index (χ1) is 34.4. The molecule has 16 heteroatoms. The Hall–Kier alpha value is -5.58. The molecule has 4 saturated heterocycles. The van der Waals surface area contributed by atoms with Crippen molar-refractivity contribution in [3.63, 3.8) is 0 Å². The van der Waals surface area contributed by atoms with E-state index in [1.54, 1.807) is 13.3 Å². The summed E-state index contributed by atoms with van der Waals surface area (Å²) in [5, 5.41) is 4.66. The molecule has 376 valence electrons. The predicted octanol–water partition coefficient (Wildman–Crippen LogP) is 8.65. The fourth-order valence-corrected chi connectivity index (χ4v) is 12.5. The number of amides is 2. The zero-order valence-corrected chi connectivity index (χ0v) is 41.2. The van der Waals surface area contributed by atoms with Crippen molar-refractivity contribution in [3.8, 4) is 23.0 Å². The van der Waals surface area contributed by atoms with Crippen LogP contribution in [-0.4, -0.2) is 123 Å². The first kappa shape index (κ1) is 47.7. The Labute approximate surface area is 413 Å². The summed E-state index contributed by atoms with van der Waals surface area (Å²) in [4.78, 5) is 48.2. The van der Waals surface area contributed by atoms with Gasteiger partial charge in [0.25, 0.3) is 0 Å². The SMILES string of the molecule is CCc1cccc2cc(OCOC)cc(-c3ncc4c(N5CC6CCC(C6)C5)nc(OCC5(CN6CCC(C)(CN7CCN(c8cc(F)c(C9CCC(=O)NC9=O)c(F)c8)CC7)CC6)CC5)nc4c3F)c12. The number of nitrogens with zero attached hydrogens (tertiary/aromatic N) is 7. The number of carbonyl (C=O) groups is 2. The van der Waals surface area contributed by atoms with E-state index in [4.69, 9.17) is 29.2 Å². The molecule has 3 aromatic carbocycles. The average Bonchev–Trinajstić information content (AvgIpc) is 4.05. The molecule has 2 saturated carbocycles. The number of hydrogen-bond donors (Lipinski definition) is 1. The number of methoxy groups -OCH3 is 1. The van der Waals surface area contributed by atoms with Crippen LogP contribution < -0.4 is 24.6 Å². The van der Waals surface area contributed by atoms with Gasteiger partial charge in [0.05, 0.1) is 17.9 Å². The molecule has 11 rings (SSSR count). The lowest BCUT2D eigenvalue weighted by Gasteiger charge is -2.45. The summed E-state index contributed by atoms with van der Waals surface area (Å²) >= 11 is 0. The first-order valence-electron chi connectivity index (χ1n) is 25.8. The maximum Gasteiger partial charge on any atom is 0.319 e. The molecule has 1 N–H and O–H groups in total. The number of anilines is 2. The van der Waals surface area contributed by atoms with Gasteiger partial charge in [0.15, 0.2) is 12.6 Å². The zero-order chi connectivity index (χ0) is 49.0. The fourth-order valence-electron chi connectivity index (χ4n) is 12.5. The number of piperidine rings is 3. The molecule has 4 aliphatic heterocycles. The van der Waals surface area contributed by atoms with Gasteiger partial charge >= 0.3 is 6.01 Å². The third kappa shape index (κ3) is 9.75. The van der Waals surface area contributed by atoms with Crippen molar-refractivity contribution in [1.82, 2.24) is 30.1 Å². The van der Waals surface area contributed by atoms with Crippen LogP contribution in [-0.2, 0) is 20.7 Å². The summed E-state index contributed by atoms with van der Waals surface area (Å²) in [5.74, 6) is -1.65. The highest BCUT2D eigenvalue weighted by molar-refractivity contribution is 6.02. The lowest BCUT2D eigenvalue weighted by atomic mass is 9.79. The lowest BCUT2D eigenvalue weighted by molar-refractivity contribution is -0.134. The summed E-state index contributed by atoms with van der Waals surface area (Å²) in [7, 11) is 1.57. The molecular weight excluding hydrogens is 910 g/mol. The van der Waals surface area contributed by atoms with Crippen LogP contribution in [0, 0.1) is 40.1 Å². The van der Waals surface area contributed by atoms with Crippen LogP contribution in [0.15, 0.2) is 48.7 Å². The Morgan fingerprint density at radius 1 is 0.831 bits per heavy atom. The molecule has 71 heavy (non-hydrogen) atoms. The van der Waals surface area contributed by atoms with Crippen molar-refractivity contribution < 1.29 is 37.0 Å². The van der Waals surface area contributed by atoms with Crippen molar-refractivity contribution in [2.45, 2.75) is 84.0 Å². The standard InChI is InChI=1S/C55H65F3N8O5/c1-4-36-6-5-7-37-23-39(71-33-69-3)26-41(46(36)37)49-48(58)50-42(27-59-49)51(66-28-34-8-9-35(22-34)29-66)62-53(61-50)70-32-55(12-13-55)31-63-16-14-54(2,15-17-63)30-64-18-20-65(21-19-64)38-24-43(56)47(44(57)25-38)40-10-11-45(67)60-52(40)68/h5-7,23-27,34-35,40H,4,8-22,28-33H2,1-3H3,(H,60,67,68). The van der Waals surface area contributed by atoms with E-state index in [0.717, 1.165) is 101 Å². The molecule has 6 aliphatic rings. The smallest absolute Gasteiger partial charge is 0.319 e. The molecule has 2 bridgehead atoms. The topological polar surface area (TPSA) is 125 Å². The van der Waals surface area contributed by atoms with Gasteiger partial charge in [0, 0.05) is 94.3 Å². The third-order valence-corrected chi connectivity index (χ3v) is 16.6. The third-order valence-electron chi connectivity index (χ3n) is 16.6. The summed E-state index contributed by atoms with van der Waals surface area (Å²) in [6, 6.07) is 12.8. The number of halogens is 3.